The van der Waals surface area contributed by atoms with E-state index >= 15 is 0 Å². The maximum atomic E-state index is 12.1. The second-order valence-electron chi connectivity index (χ2n) is 5.42. The number of carbonyl (C=O) groups is 3. The van der Waals surface area contributed by atoms with Gasteiger partial charge in [0.25, 0.3) is 17.6 Å². The van der Waals surface area contributed by atoms with Gasteiger partial charge in [-0.1, -0.05) is 29.8 Å². The van der Waals surface area contributed by atoms with E-state index in [-0.39, 0.29) is 12.5 Å². The molecule has 0 saturated carbocycles. The van der Waals surface area contributed by atoms with Gasteiger partial charge in [-0.15, -0.1) is 0 Å². The molecule has 0 heterocycles. The maximum Gasteiger partial charge on any atom is 0.296 e. The first kappa shape index (κ1) is 18.2. The predicted octanol–water partition coefficient (Wildman–Crippen LogP) is 2.33. The number of carbonyl (C=O) groups excluding carboxylic acids is 3. The summed E-state index contributed by atoms with van der Waals surface area (Å²) in [6, 6.07) is 13.2. The zero-order valence-corrected chi connectivity index (χ0v) is 14.2. The Morgan fingerprint density at radius 3 is 2.20 bits per heavy atom. The standard InChI is InChI=1S/C19H20N2O4/c1-3-20-17(22)12-25-16-10-8-15(9-11-16)21-19(24)18(23)14-6-4-13(2)5-7-14/h4-11H,3,12H2,1-2H3,(H,20,22)(H,21,24). The molecule has 2 N–H and O–H groups in total. The van der Waals surface area contributed by atoms with E-state index in [2.05, 4.69) is 10.6 Å². The molecule has 2 rings (SSSR count). The molecule has 0 aliphatic rings. The van der Waals surface area contributed by atoms with Gasteiger partial charge in [0, 0.05) is 17.8 Å². The number of anilines is 1. The summed E-state index contributed by atoms with van der Waals surface area (Å²) < 4.78 is 5.32. The molecule has 0 unspecified atom stereocenters. The molecule has 2 aromatic carbocycles. The second kappa shape index (κ2) is 8.63. The molecule has 6 heteroatoms. The molecule has 6 nitrogen and oxygen atoms in total. The zero-order chi connectivity index (χ0) is 18.2. The van der Waals surface area contributed by atoms with Gasteiger partial charge in [0.15, 0.2) is 6.61 Å². The van der Waals surface area contributed by atoms with Crippen LogP contribution >= 0.6 is 0 Å². The molecule has 2 aromatic rings. The number of hydrogen-bond acceptors (Lipinski definition) is 4. The lowest BCUT2D eigenvalue weighted by Gasteiger charge is -2.08. The summed E-state index contributed by atoms with van der Waals surface area (Å²) in [7, 11) is 0. The molecule has 0 radical (unpaired) electrons. The largest absolute Gasteiger partial charge is 0.484 e. The highest BCUT2D eigenvalue weighted by molar-refractivity contribution is 6.46. The first-order valence-electron chi connectivity index (χ1n) is 7.91. The Morgan fingerprint density at radius 2 is 1.60 bits per heavy atom. The third-order valence-corrected chi connectivity index (χ3v) is 3.38. The highest BCUT2D eigenvalue weighted by Crippen LogP contribution is 2.16. The molecular weight excluding hydrogens is 320 g/mol. The molecule has 0 aliphatic heterocycles. The lowest BCUT2D eigenvalue weighted by Crippen LogP contribution is -2.28. The molecule has 0 bridgehead atoms. The molecule has 0 spiro atoms. The van der Waals surface area contributed by atoms with Crippen molar-refractivity contribution in [3.8, 4) is 5.75 Å². The SMILES string of the molecule is CCNC(=O)COc1ccc(NC(=O)C(=O)c2ccc(C)cc2)cc1. The van der Waals surface area contributed by atoms with E-state index in [4.69, 9.17) is 4.74 Å². The summed E-state index contributed by atoms with van der Waals surface area (Å²) >= 11 is 0. The van der Waals surface area contributed by atoms with Crippen LogP contribution in [0.5, 0.6) is 5.75 Å². The van der Waals surface area contributed by atoms with Gasteiger partial charge < -0.3 is 15.4 Å². The van der Waals surface area contributed by atoms with Crippen LogP contribution in [0.3, 0.4) is 0 Å². The molecule has 2 amide bonds. The van der Waals surface area contributed by atoms with Crippen LogP contribution in [0, 0.1) is 6.92 Å². The molecule has 0 atom stereocenters. The highest BCUT2D eigenvalue weighted by atomic mass is 16.5. The summed E-state index contributed by atoms with van der Waals surface area (Å²) in [6.07, 6.45) is 0. The van der Waals surface area contributed by atoms with E-state index in [0.717, 1.165) is 5.56 Å². The summed E-state index contributed by atoms with van der Waals surface area (Å²) in [5, 5.41) is 5.17. The Labute approximate surface area is 146 Å². The Bertz CT molecular complexity index is 752. The number of nitrogens with one attached hydrogen (secondary N) is 2. The predicted molar refractivity (Wildman–Crippen MR) is 94.8 cm³/mol. The van der Waals surface area contributed by atoms with E-state index in [0.29, 0.717) is 23.5 Å². The fourth-order valence-corrected chi connectivity index (χ4v) is 2.06. The van der Waals surface area contributed by atoms with Gasteiger partial charge in [0.05, 0.1) is 0 Å². The van der Waals surface area contributed by atoms with Crippen molar-refractivity contribution in [3.05, 3.63) is 59.7 Å². The lowest BCUT2D eigenvalue weighted by atomic mass is 10.1. The van der Waals surface area contributed by atoms with Crippen LogP contribution in [0.25, 0.3) is 0 Å². The maximum absolute atomic E-state index is 12.1. The van der Waals surface area contributed by atoms with Gasteiger partial charge >= 0.3 is 0 Å². The summed E-state index contributed by atoms with van der Waals surface area (Å²) in [6.45, 7) is 4.20. The number of ketones is 1. The Hall–Kier alpha value is -3.15. The topological polar surface area (TPSA) is 84.5 Å². The van der Waals surface area contributed by atoms with Gasteiger partial charge in [-0.2, -0.15) is 0 Å². The molecule has 0 aliphatic carbocycles. The molecule has 0 aromatic heterocycles. The lowest BCUT2D eigenvalue weighted by molar-refractivity contribution is -0.123. The number of ether oxygens (including phenoxy) is 1. The molecule has 0 saturated heterocycles. The molecule has 130 valence electrons. The van der Waals surface area contributed by atoms with Crippen molar-refractivity contribution in [2.24, 2.45) is 0 Å². The minimum absolute atomic E-state index is 0.0779. The third kappa shape index (κ3) is 5.46. The fourth-order valence-electron chi connectivity index (χ4n) is 2.06. The van der Waals surface area contributed by atoms with Gasteiger partial charge in [-0.05, 0) is 38.1 Å². The van der Waals surface area contributed by atoms with E-state index in [1.54, 1.807) is 48.5 Å². The molecular formula is C19H20N2O4. The van der Waals surface area contributed by atoms with E-state index in [1.807, 2.05) is 13.8 Å². The van der Waals surface area contributed by atoms with Crippen LogP contribution in [0.4, 0.5) is 5.69 Å². The fraction of sp³-hybridized carbons (Fsp3) is 0.211. The second-order valence-corrected chi connectivity index (χ2v) is 5.42. The minimum atomic E-state index is -0.708. The Morgan fingerprint density at radius 1 is 0.960 bits per heavy atom. The first-order valence-corrected chi connectivity index (χ1v) is 7.91. The average molecular weight is 340 g/mol. The summed E-state index contributed by atoms with van der Waals surface area (Å²) in [4.78, 5) is 35.4. The van der Waals surface area contributed by atoms with Crippen molar-refractivity contribution in [2.45, 2.75) is 13.8 Å². The van der Waals surface area contributed by atoms with Gasteiger partial charge in [-0.25, -0.2) is 0 Å². The van der Waals surface area contributed by atoms with E-state index < -0.39 is 11.7 Å². The Kier molecular flexibility index (Phi) is 6.28. The average Bonchev–Trinajstić information content (AvgIpc) is 2.61. The molecule has 0 fully saturated rings. The number of Topliss-reactive ketones (excluding diaryl/α,β-unsaturated/α-hetero) is 1. The zero-order valence-electron chi connectivity index (χ0n) is 14.2. The third-order valence-electron chi connectivity index (χ3n) is 3.38. The summed E-state index contributed by atoms with van der Waals surface area (Å²) in [5.74, 6) is -1.02. The van der Waals surface area contributed by atoms with Crippen LogP contribution in [-0.2, 0) is 9.59 Å². The van der Waals surface area contributed by atoms with Gasteiger partial charge in [0.1, 0.15) is 5.75 Å². The van der Waals surface area contributed by atoms with E-state index in [9.17, 15) is 14.4 Å². The van der Waals surface area contributed by atoms with Crippen LogP contribution < -0.4 is 15.4 Å². The Balaban J connectivity index is 1.91. The minimum Gasteiger partial charge on any atom is -0.484 e. The van der Waals surface area contributed by atoms with Crippen LogP contribution in [0.1, 0.15) is 22.8 Å². The number of aryl methyl sites for hydroxylation is 1. The van der Waals surface area contributed by atoms with Crippen molar-refractivity contribution in [2.75, 3.05) is 18.5 Å². The number of hydrogen-bond donors (Lipinski definition) is 2. The molecule has 25 heavy (non-hydrogen) atoms. The van der Waals surface area contributed by atoms with Crippen molar-refractivity contribution < 1.29 is 19.1 Å². The van der Waals surface area contributed by atoms with Crippen molar-refractivity contribution >= 4 is 23.3 Å². The first-order chi connectivity index (χ1) is 12.0. The number of benzene rings is 2. The van der Waals surface area contributed by atoms with Gasteiger partial charge in [-0.3, -0.25) is 14.4 Å². The monoisotopic (exact) mass is 340 g/mol. The highest BCUT2D eigenvalue weighted by Gasteiger charge is 2.16. The quantitative estimate of drug-likeness (QED) is 0.598. The van der Waals surface area contributed by atoms with Crippen LogP contribution in [-0.4, -0.2) is 30.7 Å². The smallest absolute Gasteiger partial charge is 0.296 e. The normalized spacial score (nSPS) is 10.0. The van der Waals surface area contributed by atoms with Crippen molar-refractivity contribution in [3.63, 3.8) is 0 Å². The van der Waals surface area contributed by atoms with Gasteiger partial charge in [0.2, 0.25) is 0 Å². The van der Waals surface area contributed by atoms with E-state index in [1.165, 1.54) is 0 Å². The number of likely N-dealkylation sites (N-methyl/N-ethyl adjacent to an activating group) is 1. The summed E-state index contributed by atoms with van der Waals surface area (Å²) in [5.41, 5.74) is 1.82. The van der Waals surface area contributed by atoms with Crippen LogP contribution in [0.2, 0.25) is 0 Å². The number of amides is 2. The van der Waals surface area contributed by atoms with Crippen molar-refractivity contribution in [1.82, 2.24) is 5.32 Å². The van der Waals surface area contributed by atoms with Crippen molar-refractivity contribution in [1.29, 1.82) is 0 Å². The number of rotatable bonds is 7. The van der Waals surface area contributed by atoms with Crippen LogP contribution in [0.15, 0.2) is 48.5 Å².